The molecular weight excluding hydrogens is 318 g/mol. The molecule has 1 rings (SSSR count). The highest BCUT2D eigenvalue weighted by atomic mass is 16.5. The number of hydrogen-bond donors (Lipinski definition) is 0. The van der Waals surface area contributed by atoms with Gasteiger partial charge in [-0.05, 0) is 30.9 Å². The van der Waals surface area contributed by atoms with E-state index in [2.05, 4.69) is 27.7 Å². The molecule has 1 aromatic rings. The molecule has 0 radical (unpaired) electrons. The van der Waals surface area contributed by atoms with Crippen molar-refractivity contribution in [1.29, 1.82) is 0 Å². The number of ether oxygens (including phenoxy) is 2. The van der Waals surface area contributed by atoms with E-state index in [1.807, 2.05) is 31.2 Å². The number of amides is 1. The molecule has 0 bridgehead atoms. The molecule has 0 spiro atoms. The molecule has 0 atom stereocenters. The quantitative estimate of drug-likeness (QED) is 0.607. The number of carbonyl (C=O) groups excluding carboxylic acids is 2. The van der Waals surface area contributed by atoms with Crippen LogP contribution < -0.4 is 4.74 Å². The second-order valence-electron chi connectivity index (χ2n) is 7.16. The predicted octanol–water partition coefficient (Wildman–Crippen LogP) is 3.45. The lowest BCUT2D eigenvalue weighted by molar-refractivity contribution is -0.152. The third-order valence-electron chi connectivity index (χ3n) is 3.48. The van der Waals surface area contributed by atoms with E-state index in [0.29, 0.717) is 24.9 Å². The first-order valence-electron chi connectivity index (χ1n) is 8.90. The molecule has 0 aliphatic carbocycles. The van der Waals surface area contributed by atoms with Crippen molar-refractivity contribution in [2.75, 3.05) is 26.3 Å². The Bertz CT molecular complexity index is 527. The average molecular weight is 349 g/mol. The zero-order chi connectivity index (χ0) is 18.8. The minimum absolute atomic E-state index is 0.121. The summed E-state index contributed by atoms with van der Waals surface area (Å²) in [5.74, 6) is 0.904. The Hall–Kier alpha value is -2.04. The Kier molecular flexibility index (Phi) is 9.03. The molecule has 0 aliphatic rings. The van der Waals surface area contributed by atoms with Crippen LogP contribution in [-0.4, -0.2) is 43.1 Å². The fraction of sp³-hybridized carbons (Fsp3) is 0.600. The summed E-state index contributed by atoms with van der Waals surface area (Å²) in [6.45, 7) is 11.6. The molecule has 25 heavy (non-hydrogen) atoms. The average Bonchev–Trinajstić information content (AvgIpc) is 2.53. The zero-order valence-corrected chi connectivity index (χ0v) is 16.1. The Balaban J connectivity index is 2.33. The number of esters is 1. The van der Waals surface area contributed by atoms with Crippen LogP contribution in [0.25, 0.3) is 0 Å². The lowest BCUT2D eigenvalue weighted by Crippen LogP contribution is -2.39. The molecule has 0 unspecified atom stereocenters. The summed E-state index contributed by atoms with van der Waals surface area (Å²) in [4.78, 5) is 25.8. The Labute approximate surface area is 151 Å². The molecule has 0 aliphatic heterocycles. The van der Waals surface area contributed by atoms with Crippen LogP contribution in [0.1, 0.15) is 39.7 Å². The van der Waals surface area contributed by atoms with E-state index in [1.165, 1.54) is 0 Å². The molecule has 140 valence electrons. The van der Waals surface area contributed by atoms with Crippen LogP contribution in [-0.2, 0) is 14.3 Å². The number of rotatable bonds is 10. The molecular formula is C20H31NO4. The van der Waals surface area contributed by atoms with Crippen LogP contribution in [0.2, 0.25) is 0 Å². The van der Waals surface area contributed by atoms with Gasteiger partial charge in [0.1, 0.15) is 5.75 Å². The van der Waals surface area contributed by atoms with Gasteiger partial charge in [0.25, 0.3) is 5.91 Å². The number of carbonyl (C=O) groups is 2. The molecule has 1 aromatic carbocycles. The van der Waals surface area contributed by atoms with Gasteiger partial charge in [0.05, 0.1) is 13.0 Å². The van der Waals surface area contributed by atoms with E-state index >= 15 is 0 Å². The van der Waals surface area contributed by atoms with E-state index in [1.54, 1.807) is 4.90 Å². The molecule has 0 fully saturated rings. The lowest BCUT2D eigenvalue weighted by Gasteiger charge is -2.26. The van der Waals surface area contributed by atoms with Crippen LogP contribution in [0.3, 0.4) is 0 Å². The fourth-order valence-corrected chi connectivity index (χ4v) is 2.35. The van der Waals surface area contributed by atoms with Crippen LogP contribution in [0.4, 0.5) is 0 Å². The zero-order valence-electron chi connectivity index (χ0n) is 16.1. The number of nitrogens with zero attached hydrogens (tertiary/aromatic N) is 1. The maximum atomic E-state index is 12.3. The highest BCUT2D eigenvalue weighted by molar-refractivity contribution is 5.80. The Morgan fingerprint density at radius 2 is 1.56 bits per heavy atom. The Morgan fingerprint density at radius 1 is 1.00 bits per heavy atom. The monoisotopic (exact) mass is 349 g/mol. The fourth-order valence-electron chi connectivity index (χ4n) is 2.35. The molecule has 0 aromatic heterocycles. The Morgan fingerprint density at radius 3 is 2.08 bits per heavy atom. The molecule has 1 amide bonds. The first-order chi connectivity index (χ1) is 11.8. The normalized spacial score (nSPS) is 10.8. The minimum Gasteiger partial charge on any atom is -0.493 e. The largest absolute Gasteiger partial charge is 0.493 e. The third-order valence-corrected chi connectivity index (χ3v) is 3.48. The van der Waals surface area contributed by atoms with Gasteiger partial charge < -0.3 is 14.4 Å². The molecule has 0 heterocycles. The van der Waals surface area contributed by atoms with Gasteiger partial charge in [-0.3, -0.25) is 9.59 Å². The third kappa shape index (κ3) is 9.13. The molecule has 0 saturated carbocycles. The van der Waals surface area contributed by atoms with Crippen molar-refractivity contribution in [3.63, 3.8) is 0 Å². The summed E-state index contributed by atoms with van der Waals surface area (Å²) < 4.78 is 10.6. The van der Waals surface area contributed by atoms with Crippen LogP contribution >= 0.6 is 0 Å². The van der Waals surface area contributed by atoms with Crippen molar-refractivity contribution in [2.45, 2.75) is 41.0 Å². The van der Waals surface area contributed by atoms with Gasteiger partial charge in [-0.1, -0.05) is 45.4 Å². The smallest absolute Gasteiger partial charge is 0.309 e. The number of hydrogen-bond acceptors (Lipinski definition) is 4. The molecule has 5 heteroatoms. The van der Waals surface area contributed by atoms with Gasteiger partial charge in [0.2, 0.25) is 0 Å². The lowest BCUT2D eigenvalue weighted by atomic mass is 10.1. The summed E-state index contributed by atoms with van der Waals surface area (Å²) in [6, 6.07) is 7.62. The summed E-state index contributed by atoms with van der Waals surface area (Å²) in [7, 11) is 0. The van der Waals surface area contributed by atoms with Crippen molar-refractivity contribution in [2.24, 2.45) is 11.8 Å². The second-order valence-corrected chi connectivity index (χ2v) is 7.16. The van der Waals surface area contributed by atoms with Crippen molar-refractivity contribution < 1.29 is 19.1 Å². The van der Waals surface area contributed by atoms with Gasteiger partial charge in [-0.15, -0.1) is 0 Å². The summed E-state index contributed by atoms with van der Waals surface area (Å²) in [5.41, 5.74) is 1.15. The van der Waals surface area contributed by atoms with E-state index < -0.39 is 5.97 Å². The van der Waals surface area contributed by atoms with Gasteiger partial charge in [0.15, 0.2) is 6.61 Å². The van der Waals surface area contributed by atoms with Gasteiger partial charge in [-0.2, -0.15) is 0 Å². The van der Waals surface area contributed by atoms with Crippen molar-refractivity contribution in [3.8, 4) is 5.75 Å². The number of benzene rings is 1. The summed E-state index contributed by atoms with van der Waals surface area (Å²) in [5, 5.41) is 0. The SMILES string of the molecule is Cc1ccc(OCCC(=O)OCC(=O)N(CC(C)C)CC(C)C)cc1. The highest BCUT2D eigenvalue weighted by Gasteiger charge is 2.18. The maximum Gasteiger partial charge on any atom is 0.309 e. The van der Waals surface area contributed by atoms with Gasteiger partial charge in [0, 0.05) is 13.1 Å². The topological polar surface area (TPSA) is 55.8 Å². The van der Waals surface area contributed by atoms with Gasteiger partial charge >= 0.3 is 5.97 Å². The maximum absolute atomic E-state index is 12.3. The summed E-state index contributed by atoms with van der Waals surface area (Å²) in [6.07, 6.45) is 0.121. The van der Waals surface area contributed by atoms with Crippen LogP contribution in [0, 0.1) is 18.8 Å². The summed E-state index contributed by atoms with van der Waals surface area (Å²) >= 11 is 0. The van der Waals surface area contributed by atoms with E-state index in [9.17, 15) is 9.59 Å². The van der Waals surface area contributed by atoms with Crippen molar-refractivity contribution in [1.82, 2.24) is 4.90 Å². The van der Waals surface area contributed by atoms with Gasteiger partial charge in [-0.25, -0.2) is 0 Å². The van der Waals surface area contributed by atoms with Crippen molar-refractivity contribution in [3.05, 3.63) is 29.8 Å². The van der Waals surface area contributed by atoms with Crippen molar-refractivity contribution >= 4 is 11.9 Å². The minimum atomic E-state index is -0.422. The molecule has 0 N–H and O–H groups in total. The number of aryl methyl sites for hydroxylation is 1. The van der Waals surface area contributed by atoms with E-state index in [-0.39, 0.29) is 25.5 Å². The first-order valence-corrected chi connectivity index (χ1v) is 8.90. The first kappa shape index (κ1) is 21.0. The highest BCUT2D eigenvalue weighted by Crippen LogP contribution is 2.11. The van der Waals surface area contributed by atoms with Crippen LogP contribution in [0.5, 0.6) is 5.75 Å². The molecule has 5 nitrogen and oxygen atoms in total. The van der Waals surface area contributed by atoms with E-state index in [4.69, 9.17) is 9.47 Å². The predicted molar refractivity (Wildman–Crippen MR) is 98.5 cm³/mol. The van der Waals surface area contributed by atoms with E-state index in [0.717, 1.165) is 11.3 Å². The molecule has 0 saturated heterocycles. The van der Waals surface area contributed by atoms with Crippen LogP contribution in [0.15, 0.2) is 24.3 Å². The standard InChI is InChI=1S/C20H31NO4/c1-15(2)12-21(13-16(3)4)19(22)14-25-20(23)10-11-24-18-8-6-17(5)7-9-18/h6-9,15-16H,10-14H2,1-5H3. The second kappa shape index (κ2) is 10.7.